The van der Waals surface area contributed by atoms with Gasteiger partial charge in [-0.1, -0.05) is 13.0 Å². The molecule has 1 atom stereocenters. The van der Waals surface area contributed by atoms with Gasteiger partial charge in [0.15, 0.2) is 0 Å². The van der Waals surface area contributed by atoms with E-state index in [9.17, 15) is 9.90 Å². The number of carboxylic acids is 1. The zero-order valence-electron chi connectivity index (χ0n) is 10.8. The Kier molecular flexibility index (Phi) is 2.98. The van der Waals surface area contributed by atoms with Crippen LogP contribution in [-0.2, 0) is 11.2 Å². The molecule has 0 aliphatic carbocycles. The molecule has 0 spiro atoms. The average Bonchev–Trinajstić information content (AvgIpc) is 3.03. The number of aryl methyl sites for hydroxylation is 1. The molecule has 19 heavy (non-hydrogen) atoms. The first kappa shape index (κ1) is 12.2. The topological polar surface area (TPSA) is 64.3 Å². The molecule has 5 heteroatoms. The van der Waals surface area contributed by atoms with Crippen LogP contribution in [0.4, 0.5) is 0 Å². The maximum atomic E-state index is 11.4. The Morgan fingerprint density at radius 2 is 2.42 bits per heavy atom. The molecule has 1 aromatic heterocycles. The van der Waals surface area contributed by atoms with Crippen LogP contribution >= 0.6 is 0 Å². The lowest BCUT2D eigenvalue weighted by molar-refractivity contribution is 0.0698. The van der Waals surface area contributed by atoms with Crippen molar-refractivity contribution in [2.24, 2.45) is 0 Å². The summed E-state index contributed by atoms with van der Waals surface area (Å²) < 4.78 is 7.49. The number of imidazole rings is 1. The van der Waals surface area contributed by atoms with Crippen LogP contribution in [0.3, 0.4) is 0 Å². The van der Waals surface area contributed by atoms with Gasteiger partial charge in [-0.25, -0.2) is 9.78 Å². The first-order chi connectivity index (χ1) is 9.22. The number of carbonyl (C=O) groups is 1. The molecule has 1 fully saturated rings. The molecule has 1 aromatic carbocycles. The van der Waals surface area contributed by atoms with Crippen molar-refractivity contribution in [2.45, 2.75) is 25.8 Å². The second kappa shape index (κ2) is 4.66. The molecule has 3 rings (SSSR count). The van der Waals surface area contributed by atoms with Crippen molar-refractivity contribution < 1.29 is 14.6 Å². The highest BCUT2D eigenvalue weighted by Gasteiger charge is 2.25. The van der Waals surface area contributed by atoms with Gasteiger partial charge in [0.2, 0.25) is 0 Å². The number of aromatic carboxylic acids is 1. The summed E-state index contributed by atoms with van der Waals surface area (Å²) in [5.41, 5.74) is 1.79. The van der Waals surface area contributed by atoms with Gasteiger partial charge in [-0.3, -0.25) is 0 Å². The lowest BCUT2D eigenvalue weighted by atomic mass is 10.1. The molecule has 1 saturated heterocycles. The summed E-state index contributed by atoms with van der Waals surface area (Å²) in [5, 5.41) is 9.36. The van der Waals surface area contributed by atoms with E-state index in [0.717, 1.165) is 36.3 Å². The fraction of sp³-hybridized carbons (Fsp3) is 0.429. The quantitative estimate of drug-likeness (QED) is 0.919. The van der Waals surface area contributed by atoms with E-state index >= 15 is 0 Å². The summed E-state index contributed by atoms with van der Waals surface area (Å²) in [6.07, 6.45) is 1.69. The molecular formula is C14H16N2O3. The zero-order chi connectivity index (χ0) is 13.4. The number of benzene rings is 1. The molecule has 1 unspecified atom stereocenters. The maximum absolute atomic E-state index is 11.4. The molecule has 0 saturated carbocycles. The predicted octanol–water partition coefficient (Wildman–Crippen LogP) is 2.26. The molecule has 0 amide bonds. The van der Waals surface area contributed by atoms with Gasteiger partial charge in [0.25, 0.3) is 0 Å². The fourth-order valence-electron chi connectivity index (χ4n) is 2.74. The van der Waals surface area contributed by atoms with Crippen molar-refractivity contribution in [2.75, 3.05) is 13.2 Å². The van der Waals surface area contributed by atoms with Crippen molar-refractivity contribution >= 4 is 17.0 Å². The van der Waals surface area contributed by atoms with Crippen LogP contribution in [0, 0.1) is 0 Å². The molecule has 1 aliphatic rings. The molecule has 5 nitrogen and oxygen atoms in total. The van der Waals surface area contributed by atoms with Gasteiger partial charge in [0, 0.05) is 13.0 Å². The first-order valence-corrected chi connectivity index (χ1v) is 6.53. The highest BCUT2D eigenvalue weighted by Crippen LogP contribution is 2.29. The van der Waals surface area contributed by atoms with Gasteiger partial charge >= 0.3 is 5.97 Å². The molecule has 0 radical (unpaired) electrons. The number of hydrogen-bond acceptors (Lipinski definition) is 3. The monoisotopic (exact) mass is 260 g/mol. The minimum Gasteiger partial charge on any atom is -0.478 e. The smallest absolute Gasteiger partial charge is 0.337 e. The SMILES string of the molecule is CCc1nc2cccc(C(=O)O)c2n1C1CCOC1. The Bertz CT molecular complexity index is 627. The third-order valence-electron chi connectivity index (χ3n) is 3.60. The Balaban J connectivity index is 2.29. The van der Waals surface area contributed by atoms with E-state index < -0.39 is 5.97 Å². The molecular weight excluding hydrogens is 244 g/mol. The highest BCUT2D eigenvalue weighted by molar-refractivity contribution is 6.01. The van der Waals surface area contributed by atoms with E-state index in [0.29, 0.717) is 12.2 Å². The number of hydrogen-bond donors (Lipinski definition) is 1. The third-order valence-corrected chi connectivity index (χ3v) is 3.60. The van der Waals surface area contributed by atoms with Crippen LogP contribution in [0.2, 0.25) is 0 Å². The van der Waals surface area contributed by atoms with Gasteiger partial charge in [-0.15, -0.1) is 0 Å². The van der Waals surface area contributed by atoms with Gasteiger partial charge in [-0.05, 0) is 18.6 Å². The zero-order valence-corrected chi connectivity index (χ0v) is 10.8. The molecule has 100 valence electrons. The Morgan fingerprint density at radius 3 is 3.05 bits per heavy atom. The van der Waals surface area contributed by atoms with Crippen LogP contribution in [0.25, 0.3) is 11.0 Å². The average molecular weight is 260 g/mol. The summed E-state index contributed by atoms with van der Waals surface area (Å²) >= 11 is 0. The molecule has 2 aromatic rings. The van der Waals surface area contributed by atoms with Crippen molar-refractivity contribution in [3.05, 3.63) is 29.6 Å². The second-order valence-corrected chi connectivity index (χ2v) is 4.75. The Morgan fingerprint density at radius 1 is 1.58 bits per heavy atom. The number of para-hydroxylation sites is 1. The summed E-state index contributed by atoms with van der Waals surface area (Å²) in [7, 11) is 0. The Labute approximate surface area is 110 Å². The third kappa shape index (κ3) is 1.90. The van der Waals surface area contributed by atoms with Crippen LogP contribution < -0.4 is 0 Å². The lowest BCUT2D eigenvalue weighted by Gasteiger charge is -2.15. The summed E-state index contributed by atoms with van der Waals surface area (Å²) in [6, 6.07) is 5.44. The minimum atomic E-state index is -0.909. The van der Waals surface area contributed by atoms with Gasteiger partial charge in [0.1, 0.15) is 5.82 Å². The van der Waals surface area contributed by atoms with Crippen LogP contribution in [0.15, 0.2) is 18.2 Å². The molecule has 0 bridgehead atoms. The number of aromatic nitrogens is 2. The number of carboxylic acid groups (broad SMARTS) is 1. The lowest BCUT2D eigenvalue weighted by Crippen LogP contribution is -2.13. The standard InChI is InChI=1S/C14H16N2O3/c1-2-12-15-11-5-3-4-10(14(17)18)13(11)16(12)9-6-7-19-8-9/h3-5,9H,2,6-8H2,1H3,(H,17,18). The number of ether oxygens (including phenoxy) is 1. The first-order valence-electron chi connectivity index (χ1n) is 6.53. The van der Waals surface area contributed by atoms with Gasteiger partial charge in [0.05, 0.1) is 29.2 Å². The van der Waals surface area contributed by atoms with Gasteiger partial charge < -0.3 is 14.4 Å². The number of rotatable bonds is 3. The normalized spacial score (nSPS) is 19.1. The van der Waals surface area contributed by atoms with Crippen molar-refractivity contribution in [3.8, 4) is 0 Å². The van der Waals surface area contributed by atoms with E-state index in [2.05, 4.69) is 9.55 Å². The largest absolute Gasteiger partial charge is 0.478 e. The van der Waals surface area contributed by atoms with E-state index in [1.165, 1.54) is 0 Å². The van der Waals surface area contributed by atoms with Crippen molar-refractivity contribution in [1.82, 2.24) is 9.55 Å². The fourth-order valence-corrected chi connectivity index (χ4v) is 2.74. The van der Waals surface area contributed by atoms with Crippen molar-refractivity contribution in [1.29, 1.82) is 0 Å². The van der Waals surface area contributed by atoms with Crippen LogP contribution in [0.1, 0.15) is 35.6 Å². The number of fused-ring (bicyclic) bond motifs is 1. The van der Waals surface area contributed by atoms with E-state index in [1.807, 2.05) is 13.0 Å². The molecule has 1 N–H and O–H groups in total. The predicted molar refractivity (Wildman–Crippen MR) is 70.5 cm³/mol. The maximum Gasteiger partial charge on any atom is 0.337 e. The highest BCUT2D eigenvalue weighted by atomic mass is 16.5. The summed E-state index contributed by atoms with van der Waals surface area (Å²) in [5.74, 6) is 0.0209. The van der Waals surface area contributed by atoms with E-state index in [1.54, 1.807) is 12.1 Å². The van der Waals surface area contributed by atoms with E-state index in [4.69, 9.17) is 4.74 Å². The van der Waals surface area contributed by atoms with Crippen molar-refractivity contribution in [3.63, 3.8) is 0 Å². The minimum absolute atomic E-state index is 0.195. The van der Waals surface area contributed by atoms with Crippen LogP contribution in [0.5, 0.6) is 0 Å². The summed E-state index contributed by atoms with van der Waals surface area (Å²) in [4.78, 5) is 16.0. The van der Waals surface area contributed by atoms with Gasteiger partial charge in [-0.2, -0.15) is 0 Å². The second-order valence-electron chi connectivity index (χ2n) is 4.75. The van der Waals surface area contributed by atoms with E-state index in [-0.39, 0.29) is 6.04 Å². The Hall–Kier alpha value is -1.88. The van der Waals surface area contributed by atoms with Crippen LogP contribution in [-0.4, -0.2) is 33.8 Å². The summed E-state index contributed by atoms with van der Waals surface area (Å²) in [6.45, 7) is 3.39. The molecule has 2 heterocycles. The molecule has 1 aliphatic heterocycles. The number of nitrogens with zero attached hydrogens (tertiary/aromatic N) is 2.